The lowest BCUT2D eigenvalue weighted by molar-refractivity contribution is -0.117. The van der Waals surface area contributed by atoms with Crippen LogP contribution in [0.15, 0.2) is 23.8 Å². The standard InChI is InChI=1S/C21H30O/c1-14-8-10-20(2)15(12-14)4-6-17-18-7-5-16(13-22)21(18,3)11-9-19(17)20/h12-13,16-19H,1,4-11H2,2-3H3/t16-,17+,18+,19+,20+,21-/m1/s1. The molecule has 1 nitrogen and oxygen atoms in total. The predicted octanol–water partition coefficient (Wildman–Crippen LogP) is 5.32. The van der Waals surface area contributed by atoms with Gasteiger partial charge in [0.2, 0.25) is 0 Å². The number of aldehydes is 1. The van der Waals surface area contributed by atoms with Gasteiger partial charge in [0.1, 0.15) is 6.29 Å². The van der Waals surface area contributed by atoms with Crippen LogP contribution in [0.1, 0.15) is 65.2 Å². The average Bonchev–Trinajstić information content (AvgIpc) is 2.84. The molecule has 0 aliphatic heterocycles. The SMILES string of the molecule is C=C1C=C2CC[C@H]3[C@@H]4CC[C@H](C=O)[C@@]4(C)CC[C@@H]3[C@@]2(C)CC1. The Labute approximate surface area is 135 Å². The van der Waals surface area contributed by atoms with E-state index in [4.69, 9.17) is 0 Å². The van der Waals surface area contributed by atoms with Gasteiger partial charge in [-0.2, -0.15) is 0 Å². The number of rotatable bonds is 1. The molecule has 4 aliphatic rings. The van der Waals surface area contributed by atoms with Gasteiger partial charge in [0.25, 0.3) is 0 Å². The Hall–Kier alpha value is -0.850. The van der Waals surface area contributed by atoms with Gasteiger partial charge in [-0.3, -0.25) is 0 Å². The maximum Gasteiger partial charge on any atom is 0.123 e. The quantitative estimate of drug-likeness (QED) is 0.599. The van der Waals surface area contributed by atoms with Crippen LogP contribution in [-0.4, -0.2) is 6.29 Å². The van der Waals surface area contributed by atoms with Crippen LogP contribution in [0.25, 0.3) is 0 Å². The van der Waals surface area contributed by atoms with E-state index in [0.29, 0.717) is 16.7 Å². The summed E-state index contributed by atoms with van der Waals surface area (Å²) < 4.78 is 0. The molecular weight excluding hydrogens is 268 g/mol. The second-order valence-corrected chi connectivity index (χ2v) is 9.03. The lowest BCUT2D eigenvalue weighted by atomic mass is 9.47. The van der Waals surface area contributed by atoms with E-state index in [9.17, 15) is 4.79 Å². The molecule has 0 aromatic heterocycles. The zero-order valence-corrected chi connectivity index (χ0v) is 14.2. The fourth-order valence-corrected chi connectivity index (χ4v) is 6.91. The Morgan fingerprint density at radius 1 is 1.09 bits per heavy atom. The highest BCUT2D eigenvalue weighted by molar-refractivity contribution is 5.56. The minimum atomic E-state index is 0.304. The van der Waals surface area contributed by atoms with Gasteiger partial charge in [0.15, 0.2) is 0 Å². The normalized spacial score (nSPS) is 50.6. The molecule has 3 fully saturated rings. The number of carbonyl (C=O) groups excluding carboxylic acids is 1. The van der Waals surface area contributed by atoms with Crippen LogP contribution in [0.3, 0.4) is 0 Å². The van der Waals surface area contributed by atoms with Gasteiger partial charge in [-0.15, -0.1) is 0 Å². The van der Waals surface area contributed by atoms with E-state index in [-0.39, 0.29) is 0 Å². The highest BCUT2D eigenvalue weighted by Gasteiger charge is 2.58. The molecule has 0 aromatic rings. The fourth-order valence-electron chi connectivity index (χ4n) is 6.91. The summed E-state index contributed by atoms with van der Waals surface area (Å²) in [5, 5.41) is 0. The zero-order chi connectivity index (χ0) is 15.5. The molecule has 22 heavy (non-hydrogen) atoms. The number of hydrogen-bond acceptors (Lipinski definition) is 1. The molecule has 0 amide bonds. The Bertz CT molecular complexity index is 544. The summed E-state index contributed by atoms with van der Waals surface area (Å²) in [7, 11) is 0. The van der Waals surface area contributed by atoms with Crippen LogP contribution in [0.2, 0.25) is 0 Å². The van der Waals surface area contributed by atoms with E-state index in [0.717, 1.165) is 24.2 Å². The highest BCUT2D eigenvalue weighted by atomic mass is 16.1. The van der Waals surface area contributed by atoms with E-state index in [1.54, 1.807) is 5.57 Å². The zero-order valence-electron chi connectivity index (χ0n) is 14.2. The van der Waals surface area contributed by atoms with Gasteiger partial charge in [0.05, 0.1) is 0 Å². The van der Waals surface area contributed by atoms with E-state index in [1.165, 1.54) is 56.8 Å². The van der Waals surface area contributed by atoms with Gasteiger partial charge in [0, 0.05) is 5.92 Å². The highest BCUT2D eigenvalue weighted by Crippen LogP contribution is 2.66. The monoisotopic (exact) mass is 298 g/mol. The first-order chi connectivity index (χ1) is 10.5. The second kappa shape index (κ2) is 4.82. The van der Waals surface area contributed by atoms with Crippen LogP contribution < -0.4 is 0 Å². The average molecular weight is 298 g/mol. The van der Waals surface area contributed by atoms with E-state index >= 15 is 0 Å². The molecule has 120 valence electrons. The Morgan fingerprint density at radius 2 is 1.91 bits per heavy atom. The van der Waals surface area contributed by atoms with Crippen molar-refractivity contribution in [2.45, 2.75) is 65.2 Å². The third kappa shape index (κ3) is 1.80. The molecule has 0 heterocycles. The molecule has 0 spiro atoms. The van der Waals surface area contributed by atoms with Crippen molar-refractivity contribution >= 4 is 6.29 Å². The van der Waals surface area contributed by atoms with Crippen molar-refractivity contribution < 1.29 is 4.79 Å². The summed E-state index contributed by atoms with van der Waals surface area (Å²) in [6, 6.07) is 0. The van der Waals surface area contributed by atoms with Crippen LogP contribution in [0, 0.1) is 34.5 Å². The van der Waals surface area contributed by atoms with Crippen LogP contribution in [-0.2, 0) is 4.79 Å². The summed E-state index contributed by atoms with van der Waals surface area (Å²) in [5.41, 5.74) is 3.76. The predicted molar refractivity (Wildman–Crippen MR) is 90.4 cm³/mol. The van der Waals surface area contributed by atoms with Crippen molar-refractivity contribution in [2.24, 2.45) is 34.5 Å². The minimum Gasteiger partial charge on any atom is -0.303 e. The van der Waals surface area contributed by atoms with E-state index < -0.39 is 0 Å². The maximum absolute atomic E-state index is 11.5. The molecule has 6 atom stereocenters. The van der Waals surface area contributed by atoms with Crippen molar-refractivity contribution in [2.75, 3.05) is 0 Å². The van der Waals surface area contributed by atoms with E-state index in [1.807, 2.05) is 0 Å². The summed E-state index contributed by atoms with van der Waals surface area (Å²) in [4.78, 5) is 11.5. The molecule has 0 saturated heterocycles. The molecule has 0 unspecified atom stereocenters. The van der Waals surface area contributed by atoms with Crippen molar-refractivity contribution in [3.63, 3.8) is 0 Å². The maximum atomic E-state index is 11.5. The second-order valence-electron chi connectivity index (χ2n) is 9.03. The van der Waals surface area contributed by atoms with E-state index in [2.05, 4.69) is 26.5 Å². The van der Waals surface area contributed by atoms with Gasteiger partial charge in [-0.1, -0.05) is 37.6 Å². The summed E-state index contributed by atoms with van der Waals surface area (Å²) in [6.07, 6.45) is 13.9. The molecule has 0 radical (unpaired) electrons. The van der Waals surface area contributed by atoms with Crippen molar-refractivity contribution in [3.8, 4) is 0 Å². The van der Waals surface area contributed by atoms with Gasteiger partial charge >= 0.3 is 0 Å². The summed E-state index contributed by atoms with van der Waals surface area (Å²) in [6.45, 7) is 9.18. The van der Waals surface area contributed by atoms with Crippen LogP contribution >= 0.6 is 0 Å². The number of allylic oxidation sites excluding steroid dienone is 3. The van der Waals surface area contributed by atoms with Crippen molar-refractivity contribution in [1.82, 2.24) is 0 Å². The van der Waals surface area contributed by atoms with Gasteiger partial charge in [-0.25, -0.2) is 0 Å². The topological polar surface area (TPSA) is 17.1 Å². The van der Waals surface area contributed by atoms with Crippen molar-refractivity contribution in [3.05, 3.63) is 23.8 Å². The van der Waals surface area contributed by atoms with Crippen LogP contribution in [0.5, 0.6) is 0 Å². The minimum absolute atomic E-state index is 0.304. The Kier molecular flexibility index (Phi) is 3.23. The van der Waals surface area contributed by atoms with Gasteiger partial charge in [-0.05, 0) is 80.0 Å². The first-order valence-corrected chi connectivity index (χ1v) is 9.33. The van der Waals surface area contributed by atoms with Gasteiger partial charge < -0.3 is 4.79 Å². The first-order valence-electron chi connectivity index (χ1n) is 9.33. The van der Waals surface area contributed by atoms with Crippen molar-refractivity contribution in [1.29, 1.82) is 0 Å². The summed E-state index contributed by atoms with van der Waals surface area (Å²) in [5.74, 6) is 2.83. The third-order valence-electron chi connectivity index (χ3n) is 8.32. The molecule has 4 aliphatic carbocycles. The third-order valence-corrected chi connectivity index (χ3v) is 8.32. The molecule has 0 aromatic carbocycles. The Balaban J connectivity index is 1.68. The number of fused-ring (bicyclic) bond motifs is 5. The molecule has 0 N–H and O–H groups in total. The molecule has 1 heteroatoms. The first kappa shape index (κ1) is 14.7. The number of carbonyl (C=O) groups is 1. The largest absolute Gasteiger partial charge is 0.303 e. The van der Waals surface area contributed by atoms with Crippen LogP contribution in [0.4, 0.5) is 0 Å². The molecular formula is C21H30O. The lowest BCUT2D eigenvalue weighted by Gasteiger charge is -2.58. The fraction of sp³-hybridized carbons (Fsp3) is 0.762. The lowest BCUT2D eigenvalue weighted by Crippen LogP contribution is -2.50. The Morgan fingerprint density at radius 3 is 2.68 bits per heavy atom. The molecule has 0 bridgehead atoms. The summed E-state index contributed by atoms with van der Waals surface area (Å²) >= 11 is 0. The molecule has 4 rings (SSSR count). The smallest absolute Gasteiger partial charge is 0.123 e. The molecule has 3 saturated carbocycles. The number of hydrogen-bond donors (Lipinski definition) is 0.